The van der Waals surface area contributed by atoms with Gasteiger partial charge in [-0.2, -0.15) is 0 Å². The van der Waals surface area contributed by atoms with E-state index < -0.39 is 11.6 Å². The van der Waals surface area contributed by atoms with Crippen molar-refractivity contribution in [2.75, 3.05) is 26.4 Å². The monoisotopic (exact) mass is 381 g/mol. The molecule has 0 spiro atoms. The van der Waals surface area contributed by atoms with Crippen molar-refractivity contribution in [2.24, 2.45) is 4.99 Å². The summed E-state index contributed by atoms with van der Waals surface area (Å²) in [6.07, 6.45) is 0.644. The molecule has 0 radical (unpaired) electrons. The summed E-state index contributed by atoms with van der Waals surface area (Å²) in [5.74, 6) is 0.453. The molecule has 2 rings (SSSR count). The third-order valence-electron chi connectivity index (χ3n) is 3.35. The van der Waals surface area contributed by atoms with Crippen LogP contribution in [-0.2, 0) is 9.47 Å². The second-order valence-electron chi connectivity index (χ2n) is 7.04. The molecule has 0 saturated carbocycles. The standard InChI is InChI=1S/C17H24N2O3S.C2H7N/c1-7-21-11-8-9(2)12-13(18)14(16(20)22-17(4,5)6)23-15(12)19-10(11)3;1-3-2/h7-8,18H2,1-6H3;3H,1-2H3. The fourth-order valence-corrected chi connectivity index (χ4v) is 3.50. The van der Waals surface area contributed by atoms with Crippen LogP contribution in [0, 0.1) is 0 Å². The molecule has 1 aromatic rings. The first-order valence-electron chi connectivity index (χ1n) is 8.66. The van der Waals surface area contributed by atoms with Crippen molar-refractivity contribution < 1.29 is 14.3 Å². The first-order chi connectivity index (χ1) is 12.1. The third kappa shape index (κ3) is 5.57. The highest BCUT2D eigenvalue weighted by molar-refractivity contribution is 7.12. The maximum atomic E-state index is 12.4. The number of nitrogen functional groups attached to an aromatic ring is 1. The summed E-state index contributed by atoms with van der Waals surface area (Å²) < 4.78 is 11.8. The van der Waals surface area contributed by atoms with E-state index >= 15 is 0 Å². The van der Waals surface area contributed by atoms with E-state index in [2.05, 4.69) is 10.3 Å². The van der Waals surface area contributed by atoms with Gasteiger partial charge in [0.05, 0.1) is 18.0 Å². The van der Waals surface area contributed by atoms with E-state index in [1.165, 1.54) is 11.3 Å². The van der Waals surface area contributed by atoms with Gasteiger partial charge in [0.2, 0.25) is 0 Å². The Morgan fingerprint density at radius 3 is 2.38 bits per heavy atom. The second kappa shape index (κ2) is 9.19. The van der Waals surface area contributed by atoms with Crippen LogP contribution in [0.15, 0.2) is 16.4 Å². The van der Waals surface area contributed by atoms with Crippen LogP contribution in [0.3, 0.4) is 0 Å². The number of hydrogen-bond donors (Lipinski definition) is 2. The molecule has 146 valence electrons. The molecule has 3 N–H and O–H groups in total. The molecule has 0 unspecified atom stereocenters. The molecule has 0 saturated heterocycles. The molecule has 1 aliphatic rings. The van der Waals surface area contributed by atoms with E-state index in [0.29, 0.717) is 23.6 Å². The Kier molecular flexibility index (Phi) is 7.84. The van der Waals surface area contributed by atoms with Gasteiger partial charge in [-0.25, -0.2) is 9.79 Å². The molecule has 0 bridgehead atoms. The van der Waals surface area contributed by atoms with Gasteiger partial charge < -0.3 is 20.5 Å². The van der Waals surface area contributed by atoms with Gasteiger partial charge in [0, 0.05) is 11.6 Å². The van der Waals surface area contributed by atoms with Gasteiger partial charge in [-0.1, -0.05) is 5.57 Å². The van der Waals surface area contributed by atoms with Crippen LogP contribution in [-0.4, -0.2) is 32.3 Å². The van der Waals surface area contributed by atoms with Gasteiger partial charge in [-0.05, 0) is 55.6 Å². The third-order valence-corrected chi connectivity index (χ3v) is 4.43. The van der Waals surface area contributed by atoms with E-state index in [1.54, 1.807) is 0 Å². The lowest BCUT2D eigenvalue weighted by molar-refractivity contribution is 0.00763. The number of carbonyl (C=O) groups excluding carboxylic acids is 1. The summed E-state index contributed by atoms with van der Waals surface area (Å²) in [4.78, 5) is 17.4. The molecule has 0 fully saturated rings. The topological polar surface area (TPSA) is 85.9 Å². The largest absolute Gasteiger partial charge is 0.496 e. The zero-order valence-corrected chi connectivity index (χ0v) is 17.9. The summed E-state index contributed by atoms with van der Waals surface area (Å²) in [5, 5.41) is 3.59. The molecule has 1 aromatic heterocycles. The van der Waals surface area contributed by atoms with Crippen molar-refractivity contribution in [3.63, 3.8) is 0 Å². The van der Waals surface area contributed by atoms with Gasteiger partial charge in [0.25, 0.3) is 0 Å². The Morgan fingerprint density at radius 2 is 1.88 bits per heavy atom. The zero-order valence-electron chi connectivity index (χ0n) is 17.1. The lowest BCUT2D eigenvalue weighted by Gasteiger charge is -2.19. The van der Waals surface area contributed by atoms with E-state index in [9.17, 15) is 4.79 Å². The highest BCUT2D eigenvalue weighted by Gasteiger charge is 2.24. The number of rotatable bonds is 3. The molecular formula is C19H31N3O3S. The van der Waals surface area contributed by atoms with Crippen molar-refractivity contribution in [3.8, 4) is 0 Å². The van der Waals surface area contributed by atoms with E-state index in [0.717, 1.165) is 26.9 Å². The highest BCUT2D eigenvalue weighted by atomic mass is 32.1. The minimum absolute atomic E-state index is 0.400. The molecular weight excluding hydrogens is 350 g/mol. The molecule has 0 aromatic carbocycles. The summed E-state index contributed by atoms with van der Waals surface area (Å²) in [5.41, 5.74) is 8.00. The summed E-state index contributed by atoms with van der Waals surface area (Å²) in [7, 11) is 3.75. The number of hydrogen-bond acceptors (Lipinski definition) is 7. The molecule has 2 heterocycles. The van der Waals surface area contributed by atoms with Crippen molar-refractivity contribution in [1.29, 1.82) is 0 Å². The number of allylic oxidation sites excluding steroid dienone is 2. The predicted molar refractivity (Wildman–Crippen MR) is 108 cm³/mol. The lowest BCUT2D eigenvalue weighted by Crippen LogP contribution is -2.25. The van der Waals surface area contributed by atoms with Crippen LogP contribution in [0.25, 0.3) is 5.57 Å². The average molecular weight is 382 g/mol. The number of nitrogens with zero attached hydrogens (tertiary/aromatic N) is 1. The summed E-state index contributed by atoms with van der Waals surface area (Å²) in [6, 6.07) is 0. The molecule has 0 atom stereocenters. The minimum atomic E-state index is -0.557. The number of anilines is 1. The molecule has 7 heteroatoms. The van der Waals surface area contributed by atoms with Gasteiger partial charge in [0.1, 0.15) is 20.9 Å². The number of fused-ring (bicyclic) bond motifs is 1. The molecule has 26 heavy (non-hydrogen) atoms. The second-order valence-corrected chi connectivity index (χ2v) is 8.04. The molecule has 6 nitrogen and oxygen atoms in total. The molecule has 0 amide bonds. The maximum absolute atomic E-state index is 12.4. The van der Waals surface area contributed by atoms with E-state index in [4.69, 9.17) is 15.2 Å². The molecule has 1 aliphatic heterocycles. The number of nitrogens with one attached hydrogen (secondary N) is 1. The first kappa shape index (κ1) is 22.2. The minimum Gasteiger partial charge on any atom is -0.496 e. The first-order valence-corrected chi connectivity index (χ1v) is 9.48. The Bertz CT molecular complexity index is 801. The van der Waals surface area contributed by atoms with Crippen LogP contribution in [0.1, 0.15) is 57.6 Å². The Morgan fingerprint density at radius 1 is 1.31 bits per heavy atom. The predicted octanol–water partition coefficient (Wildman–Crippen LogP) is 2.58. The Hall–Kier alpha value is -1.86. The normalized spacial score (nSPS) is 13.9. The summed E-state index contributed by atoms with van der Waals surface area (Å²) in [6.45, 7) is 12.0. The van der Waals surface area contributed by atoms with Crippen LogP contribution >= 0.6 is 11.3 Å². The number of ether oxygens (including phenoxy) is 2. The quantitative estimate of drug-likeness (QED) is 0.786. The van der Waals surface area contributed by atoms with E-state index in [1.807, 2.05) is 55.6 Å². The number of thiophene rings is 1. The van der Waals surface area contributed by atoms with E-state index in [-0.39, 0.29) is 0 Å². The number of esters is 1. The Balaban J connectivity index is 0.00000105. The van der Waals surface area contributed by atoms with Crippen LogP contribution in [0.2, 0.25) is 0 Å². The van der Waals surface area contributed by atoms with Gasteiger partial charge in [0.15, 0.2) is 0 Å². The van der Waals surface area contributed by atoms with Crippen molar-refractivity contribution in [1.82, 2.24) is 5.32 Å². The van der Waals surface area contributed by atoms with Crippen molar-refractivity contribution in [2.45, 2.75) is 53.6 Å². The Labute approximate surface area is 159 Å². The fourth-order valence-electron chi connectivity index (χ4n) is 2.40. The van der Waals surface area contributed by atoms with Crippen LogP contribution in [0.5, 0.6) is 0 Å². The highest BCUT2D eigenvalue weighted by Crippen LogP contribution is 2.23. The average Bonchev–Trinajstić information content (AvgIpc) is 2.76. The lowest BCUT2D eigenvalue weighted by atomic mass is 10.1. The number of carbonyl (C=O) groups is 1. The number of nitrogens with two attached hydrogens (primary N) is 1. The fraction of sp³-hybridized carbons (Fsp3) is 0.579. The summed E-state index contributed by atoms with van der Waals surface area (Å²) >= 11 is 1.27. The SMILES string of the molecule is CCOC1=C(C)N=c2sc(C(=O)OC(C)(C)C)c(N)c2=C(C)C1.CNC. The van der Waals surface area contributed by atoms with Gasteiger partial charge in [-0.3, -0.25) is 0 Å². The van der Waals surface area contributed by atoms with Crippen LogP contribution < -0.4 is 20.9 Å². The molecule has 0 aliphatic carbocycles. The van der Waals surface area contributed by atoms with Gasteiger partial charge >= 0.3 is 5.97 Å². The van der Waals surface area contributed by atoms with Crippen molar-refractivity contribution in [3.05, 3.63) is 26.2 Å². The van der Waals surface area contributed by atoms with Crippen molar-refractivity contribution >= 4 is 28.6 Å². The smallest absolute Gasteiger partial charge is 0.351 e. The van der Waals surface area contributed by atoms with Gasteiger partial charge in [-0.15, -0.1) is 11.3 Å². The zero-order chi connectivity index (χ0) is 20.1. The van der Waals surface area contributed by atoms with Crippen LogP contribution in [0.4, 0.5) is 5.69 Å². The maximum Gasteiger partial charge on any atom is 0.351 e.